The summed E-state index contributed by atoms with van der Waals surface area (Å²) in [5.74, 6) is 0.386. The topological polar surface area (TPSA) is 108 Å². The standard InChI is InChI=1S/C27H32N4O4/c1-16(2)28-9-10-35-20-8-7-18-14-31(15-19(18)11-20)27(34)22-12-21-23(13-24(22)32)29-30-25(21)26(33)17-5-3-4-6-17/h7-8,11-13,16-17,28,32H,3-6,9-10,14-15H2,1-2H3,(H,29,30). The first-order valence-corrected chi connectivity index (χ1v) is 12.4. The highest BCUT2D eigenvalue weighted by atomic mass is 16.5. The Morgan fingerprint density at radius 2 is 1.94 bits per heavy atom. The second-order valence-corrected chi connectivity index (χ2v) is 9.88. The number of H-pyrrole nitrogens is 1. The van der Waals surface area contributed by atoms with Gasteiger partial charge in [0.15, 0.2) is 5.78 Å². The molecule has 0 spiro atoms. The molecule has 0 radical (unpaired) electrons. The summed E-state index contributed by atoms with van der Waals surface area (Å²) in [6, 6.07) is 9.41. The second kappa shape index (κ2) is 9.70. The zero-order chi connectivity index (χ0) is 24.5. The highest BCUT2D eigenvalue weighted by Gasteiger charge is 2.30. The first kappa shape index (κ1) is 23.4. The van der Waals surface area contributed by atoms with Crippen molar-refractivity contribution in [3.63, 3.8) is 0 Å². The number of ketones is 1. The van der Waals surface area contributed by atoms with Gasteiger partial charge in [0.2, 0.25) is 0 Å². The number of phenols is 1. The van der Waals surface area contributed by atoms with Crippen molar-refractivity contribution in [1.82, 2.24) is 20.4 Å². The molecule has 0 bridgehead atoms. The number of aromatic nitrogens is 2. The molecule has 1 aliphatic heterocycles. The van der Waals surface area contributed by atoms with E-state index in [0.717, 1.165) is 49.1 Å². The van der Waals surface area contributed by atoms with E-state index in [-0.39, 0.29) is 28.9 Å². The number of carbonyl (C=O) groups is 2. The maximum absolute atomic E-state index is 13.4. The summed E-state index contributed by atoms with van der Waals surface area (Å²) < 4.78 is 5.85. The SMILES string of the molecule is CC(C)NCCOc1ccc2c(c1)CN(C(=O)c1cc3c(C(=O)C4CCCC4)n[nH]c3cc1O)C2. The van der Waals surface area contributed by atoms with Gasteiger partial charge in [0, 0.05) is 43.0 Å². The van der Waals surface area contributed by atoms with E-state index in [1.54, 1.807) is 11.0 Å². The number of carbonyl (C=O) groups excluding carboxylic acids is 2. The third kappa shape index (κ3) is 4.75. The van der Waals surface area contributed by atoms with Gasteiger partial charge in [0.05, 0.1) is 11.1 Å². The molecule has 1 aliphatic carbocycles. The lowest BCUT2D eigenvalue weighted by Gasteiger charge is -2.16. The summed E-state index contributed by atoms with van der Waals surface area (Å²) in [6.45, 7) is 6.42. The van der Waals surface area contributed by atoms with Crippen LogP contribution in [0.5, 0.6) is 11.5 Å². The third-order valence-corrected chi connectivity index (χ3v) is 6.98. The Morgan fingerprint density at radius 3 is 2.71 bits per heavy atom. The molecule has 8 nitrogen and oxygen atoms in total. The van der Waals surface area contributed by atoms with Crippen molar-refractivity contribution in [2.75, 3.05) is 13.2 Å². The molecule has 3 aromatic rings. The summed E-state index contributed by atoms with van der Waals surface area (Å²) >= 11 is 0. The Morgan fingerprint density at radius 1 is 1.17 bits per heavy atom. The van der Waals surface area contributed by atoms with Gasteiger partial charge in [-0.15, -0.1) is 0 Å². The van der Waals surface area contributed by atoms with Crippen molar-refractivity contribution < 1.29 is 19.4 Å². The molecule has 2 heterocycles. The fraction of sp³-hybridized carbons (Fsp3) is 0.444. The number of phenolic OH excluding ortho intramolecular Hbond substituents is 1. The molecule has 3 N–H and O–H groups in total. The average Bonchev–Trinajstić information content (AvgIpc) is 3.59. The van der Waals surface area contributed by atoms with Gasteiger partial charge in [-0.3, -0.25) is 14.7 Å². The number of fused-ring (bicyclic) bond motifs is 2. The first-order chi connectivity index (χ1) is 16.9. The van der Waals surface area contributed by atoms with Crippen molar-refractivity contribution in [2.45, 2.75) is 58.7 Å². The Bertz CT molecular complexity index is 1260. The van der Waals surface area contributed by atoms with Crippen LogP contribution in [0.2, 0.25) is 0 Å². The number of nitrogens with zero attached hydrogens (tertiary/aromatic N) is 2. The van der Waals surface area contributed by atoms with E-state index in [9.17, 15) is 14.7 Å². The number of aromatic hydroxyl groups is 1. The van der Waals surface area contributed by atoms with E-state index in [0.29, 0.717) is 42.3 Å². The number of nitrogens with one attached hydrogen (secondary N) is 2. The van der Waals surface area contributed by atoms with E-state index >= 15 is 0 Å². The molecule has 8 heteroatoms. The number of Topliss-reactive ketones (excluding diaryl/α,β-unsaturated/α-hetero) is 1. The number of hydrogen-bond donors (Lipinski definition) is 3. The molecule has 0 unspecified atom stereocenters. The van der Waals surface area contributed by atoms with Crippen molar-refractivity contribution >= 4 is 22.6 Å². The zero-order valence-corrected chi connectivity index (χ0v) is 20.3. The van der Waals surface area contributed by atoms with Crippen LogP contribution in [0.15, 0.2) is 30.3 Å². The molecular weight excluding hydrogens is 444 g/mol. The smallest absolute Gasteiger partial charge is 0.258 e. The van der Waals surface area contributed by atoms with Gasteiger partial charge >= 0.3 is 0 Å². The van der Waals surface area contributed by atoms with Gasteiger partial charge < -0.3 is 20.1 Å². The minimum Gasteiger partial charge on any atom is -0.507 e. The van der Waals surface area contributed by atoms with Crippen LogP contribution in [-0.4, -0.2) is 51.1 Å². The molecule has 0 saturated heterocycles. The summed E-state index contributed by atoms with van der Waals surface area (Å²) in [5, 5.41) is 21.6. The van der Waals surface area contributed by atoms with Crippen LogP contribution < -0.4 is 10.1 Å². The lowest BCUT2D eigenvalue weighted by molar-refractivity contribution is 0.0748. The molecule has 1 amide bonds. The van der Waals surface area contributed by atoms with Gasteiger partial charge in [0.25, 0.3) is 5.91 Å². The van der Waals surface area contributed by atoms with Crippen LogP contribution in [0.3, 0.4) is 0 Å². The fourth-order valence-corrected chi connectivity index (χ4v) is 5.08. The molecule has 35 heavy (non-hydrogen) atoms. The van der Waals surface area contributed by atoms with Gasteiger partial charge in [-0.2, -0.15) is 5.10 Å². The summed E-state index contributed by atoms with van der Waals surface area (Å²) in [7, 11) is 0. The third-order valence-electron chi connectivity index (χ3n) is 6.98. The van der Waals surface area contributed by atoms with Gasteiger partial charge in [0.1, 0.15) is 23.8 Å². The van der Waals surface area contributed by atoms with E-state index in [2.05, 4.69) is 29.4 Å². The Balaban J connectivity index is 1.32. The van der Waals surface area contributed by atoms with E-state index in [1.807, 2.05) is 18.2 Å². The lowest BCUT2D eigenvalue weighted by Crippen LogP contribution is -2.27. The van der Waals surface area contributed by atoms with Gasteiger partial charge in [-0.05, 0) is 42.2 Å². The monoisotopic (exact) mass is 476 g/mol. The Kier molecular flexibility index (Phi) is 6.47. The molecule has 5 rings (SSSR count). The van der Waals surface area contributed by atoms with Crippen LogP contribution in [0.25, 0.3) is 10.9 Å². The molecule has 2 aliphatic rings. The van der Waals surface area contributed by atoms with Crippen molar-refractivity contribution in [2.24, 2.45) is 5.92 Å². The zero-order valence-electron chi connectivity index (χ0n) is 20.3. The number of ether oxygens (including phenoxy) is 1. The molecule has 1 fully saturated rings. The molecule has 2 aromatic carbocycles. The molecular formula is C27H32N4O4. The van der Waals surface area contributed by atoms with Crippen molar-refractivity contribution in [3.8, 4) is 11.5 Å². The fourth-order valence-electron chi connectivity index (χ4n) is 5.08. The number of aromatic amines is 1. The molecule has 184 valence electrons. The number of amides is 1. The van der Waals surface area contributed by atoms with E-state index in [4.69, 9.17) is 4.74 Å². The molecule has 1 aromatic heterocycles. The predicted octanol–water partition coefficient (Wildman–Crippen LogP) is 4.17. The summed E-state index contributed by atoms with van der Waals surface area (Å²) in [6.07, 6.45) is 3.87. The highest BCUT2D eigenvalue weighted by molar-refractivity contribution is 6.10. The van der Waals surface area contributed by atoms with Gasteiger partial charge in [-0.1, -0.05) is 32.8 Å². The predicted molar refractivity (Wildman–Crippen MR) is 133 cm³/mol. The summed E-state index contributed by atoms with van der Waals surface area (Å²) in [4.78, 5) is 28.1. The largest absolute Gasteiger partial charge is 0.507 e. The first-order valence-electron chi connectivity index (χ1n) is 12.4. The second-order valence-electron chi connectivity index (χ2n) is 9.88. The van der Waals surface area contributed by atoms with E-state index in [1.165, 1.54) is 6.07 Å². The Labute approximate surface area is 204 Å². The number of hydrogen-bond acceptors (Lipinski definition) is 6. The van der Waals surface area contributed by atoms with E-state index < -0.39 is 0 Å². The van der Waals surface area contributed by atoms with Crippen molar-refractivity contribution in [3.05, 3.63) is 52.7 Å². The summed E-state index contributed by atoms with van der Waals surface area (Å²) in [5.41, 5.74) is 3.20. The maximum Gasteiger partial charge on any atom is 0.258 e. The molecule has 1 saturated carbocycles. The maximum atomic E-state index is 13.4. The Hall–Kier alpha value is -3.39. The lowest BCUT2D eigenvalue weighted by atomic mass is 9.97. The van der Waals surface area contributed by atoms with Crippen LogP contribution >= 0.6 is 0 Å². The quantitative estimate of drug-likeness (QED) is 0.333. The minimum atomic E-state index is -0.273. The average molecular weight is 477 g/mol. The number of rotatable bonds is 8. The van der Waals surface area contributed by atoms with Crippen molar-refractivity contribution in [1.29, 1.82) is 0 Å². The van der Waals surface area contributed by atoms with Crippen LogP contribution in [0.4, 0.5) is 0 Å². The van der Waals surface area contributed by atoms with Gasteiger partial charge in [-0.25, -0.2) is 0 Å². The number of benzene rings is 2. The minimum absolute atomic E-state index is 0.0138. The molecule has 0 atom stereocenters. The van der Waals surface area contributed by atoms with Crippen LogP contribution in [0, 0.1) is 5.92 Å². The van der Waals surface area contributed by atoms with Crippen LogP contribution in [0.1, 0.15) is 71.5 Å². The van der Waals surface area contributed by atoms with Crippen LogP contribution in [-0.2, 0) is 13.1 Å². The normalized spacial score (nSPS) is 15.8. The highest BCUT2D eigenvalue weighted by Crippen LogP contribution is 2.34.